The Morgan fingerprint density at radius 3 is 3.15 bits per heavy atom. The molecule has 0 unspecified atom stereocenters. The summed E-state index contributed by atoms with van der Waals surface area (Å²) in [5.74, 6) is 0. The minimum atomic E-state index is 0.406. The minimum Gasteiger partial charge on any atom is -0.314 e. The average Bonchev–Trinajstić information content (AvgIpc) is 2.44. The molecule has 0 atom stereocenters. The predicted molar refractivity (Wildman–Crippen MR) is 46.2 cm³/mol. The molecule has 0 fully saturated rings. The number of hydrogen-bond donors (Lipinski definition) is 1. The third-order valence-electron chi connectivity index (χ3n) is 1.68. The highest BCUT2D eigenvalue weighted by Crippen LogP contribution is 2.03. The first-order chi connectivity index (χ1) is 6.25. The van der Waals surface area contributed by atoms with Crippen molar-refractivity contribution in [3.05, 3.63) is 30.2 Å². The van der Waals surface area contributed by atoms with Gasteiger partial charge in [-0.15, -0.1) is 0 Å². The fraction of sp³-hybridized carbons (Fsp3) is 0.250. The van der Waals surface area contributed by atoms with Crippen LogP contribution in [-0.4, -0.2) is 31.9 Å². The van der Waals surface area contributed by atoms with Gasteiger partial charge < -0.3 is 5.21 Å². The maximum Gasteiger partial charge on any atom is 0.155 e. The van der Waals surface area contributed by atoms with E-state index >= 15 is 0 Å². The SMILES string of the molecule is CN(O)Cc1cc2ncccn2n1. The summed E-state index contributed by atoms with van der Waals surface area (Å²) < 4.78 is 1.68. The van der Waals surface area contributed by atoms with Crippen LogP contribution in [-0.2, 0) is 6.54 Å². The lowest BCUT2D eigenvalue weighted by Gasteiger charge is -2.02. The first-order valence-corrected chi connectivity index (χ1v) is 3.95. The van der Waals surface area contributed by atoms with Crippen LogP contribution in [0.1, 0.15) is 5.69 Å². The monoisotopic (exact) mass is 178 g/mol. The number of rotatable bonds is 2. The van der Waals surface area contributed by atoms with Crippen LogP contribution in [0.5, 0.6) is 0 Å². The van der Waals surface area contributed by atoms with Gasteiger partial charge in [0.05, 0.1) is 12.2 Å². The fourth-order valence-electron chi connectivity index (χ4n) is 1.19. The fourth-order valence-corrected chi connectivity index (χ4v) is 1.19. The van der Waals surface area contributed by atoms with Gasteiger partial charge in [-0.25, -0.2) is 9.50 Å². The summed E-state index contributed by atoms with van der Waals surface area (Å²) in [5, 5.41) is 14.3. The first kappa shape index (κ1) is 8.15. The third-order valence-corrected chi connectivity index (χ3v) is 1.68. The van der Waals surface area contributed by atoms with Crippen molar-refractivity contribution in [1.29, 1.82) is 0 Å². The molecule has 0 radical (unpaired) electrons. The van der Waals surface area contributed by atoms with Gasteiger partial charge in [-0.05, 0) is 6.07 Å². The molecule has 0 bridgehead atoms. The number of hydroxylamine groups is 2. The standard InChI is InChI=1S/C8H10N4O/c1-11(13)6-7-5-8-9-3-2-4-12(8)10-7/h2-5,13H,6H2,1H3. The van der Waals surface area contributed by atoms with Crippen molar-refractivity contribution in [1.82, 2.24) is 19.7 Å². The van der Waals surface area contributed by atoms with Crippen LogP contribution in [0.2, 0.25) is 0 Å². The van der Waals surface area contributed by atoms with Crippen molar-refractivity contribution in [3.8, 4) is 0 Å². The van der Waals surface area contributed by atoms with E-state index in [-0.39, 0.29) is 0 Å². The molecule has 0 saturated carbocycles. The molecule has 0 aliphatic rings. The maximum atomic E-state index is 8.99. The minimum absolute atomic E-state index is 0.406. The molecule has 2 aromatic heterocycles. The van der Waals surface area contributed by atoms with Crippen molar-refractivity contribution in [2.24, 2.45) is 0 Å². The van der Waals surface area contributed by atoms with E-state index < -0.39 is 0 Å². The van der Waals surface area contributed by atoms with Crippen molar-refractivity contribution in [2.75, 3.05) is 7.05 Å². The zero-order valence-corrected chi connectivity index (χ0v) is 7.25. The Balaban J connectivity index is 2.38. The lowest BCUT2D eigenvalue weighted by molar-refractivity contribution is -0.0741. The summed E-state index contributed by atoms with van der Waals surface area (Å²) in [5.41, 5.74) is 1.59. The molecule has 2 aromatic rings. The zero-order valence-electron chi connectivity index (χ0n) is 7.25. The van der Waals surface area contributed by atoms with Gasteiger partial charge >= 0.3 is 0 Å². The van der Waals surface area contributed by atoms with Crippen LogP contribution in [0.3, 0.4) is 0 Å². The summed E-state index contributed by atoms with van der Waals surface area (Å²) in [6.07, 6.45) is 3.53. The Morgan fingerprint density at radius 2 is 2.46 bits per heavy atom. The van der Waals surface area contributed by atoms with Gasteiger partial charge in [-0.3, -0.25) is 0 Å². The summed E-state index contributed by atoms with van der Waals surface area (Å²) in [6, 6.07) is 3.65. The molecule has 2 rings (SSSR count). The summed E-state index contributed by atoms with van der Waals surface area (Å²) in [6.45, 7) is 0.406. The molecular formula is C8H10N4O. The molecule has 5 heteroatoms. The van der Waals surface area contributed by atoms with E-state index in [0.29, 0.717) is 6.54 Å². The third kappa shape index (κ3) is 1.66. The maximum absolute atomic E-state index is 8.99. The highest BCUT2D eigenvalue weighted by atomic mass is 16.5. The van der Waals surface area contributed by atoms with E-state index in [4.69, 9.17) is 5.21 Å². The number of fused-ring (bicyclic) bond motifs is 1. The number of hydrogen-bond acceptors (Lipinski definition) is 4. The van der Waals surface area contributed by atoms with Crippen LogP contribution >= 0.6 is 0 Å². The first-order valence-electron chi connectivity index (χ1n) is 3.95. The molecule has 0 saturated heterocycles. The molecule has 0 aromatic carbocycles. The zero-order chi connectivity index (χ0) is 9.26. The summed E-state index contributed by atoms with van der Waals surface area (Å²) in [4.78, 5) is 4.11. The van der Waals surface area contributed by atoms with E-state index in [1.54, 1.807) is 17.8 Å². The number of nitrogens with zero attached hydrogens (tertiary/aromatic N) is 4. The molecule has 0 aliphatic carbocycles. The Bertz CT molecular complexity index is 376. The van der Waals surface area contributed by atoms with Crippen LogP contribution in [0, 0.1) is 0 Å². The van der Waals surface area contributed by atoms with Crippen molar-refractivity contribution >= 4 is 5.65 Å². The molecule has 1 N–H and O–H groups in total. The molecule has 0 aliphatic heterocycles. The molecule has 13 heavy (non-hydrogen) atoms. The van der Waals surface area contributed by atoms with E-state index in [2.05, 4.69) is 10.1 Å². The van der Waals surface area contributed by atoms with Crippen LogP contribution < -0.4 is 0 Å². The van der Waals surface area contributed by atoms with Crippen molar-refractivity contribution in [2.45, 2.75) is 6.54 Å². The average molecular weight is 178 g/mol. The van der Waals surface area contributed by atoms with Crippen LogP contribution in [0.4, 0.5) is 0 Å². The van der Waals surface area contributed by atoms with Gasteiger partial charge in [0.2, 0.25) is 0 Å². The topological polar surface area (TPSA) is 53.7 Å². The second-order valence-electron chi connectivity index (χ2n) is 2.87. The molecular weight excluding hydrogens is 168 g/mol. The quantitative estimate of drug-likeness (QED) is 0.682. The van der Waals surface area contributed by atoms with Crippen molar-refractivity contribution in [3.63, 3.8) is 0 Å². The Labute approximate surface area is 75.2 Å². The normalized spacial score (nSPS) is 11.3. The van der Waals surface area contributed by atoms with Crippen molar-refractivity contribution < 1.29 is 5.21 Å². The predicted octanol–water partition coefficient (Wildman–Crippen LogP) is 0.550. The number of aromatic nitrogens is 3. The second kappa shape index (κ2) is 3.12. The Hall–Kier alpha value is -1.46. The highest BCUT2D eigenvalue weighted by molar-refractivity contribution is 5.37. The van der Waals surface area contributed by atoms with Crippen LogP contribution in [0.15, 0.2) is 24.5 Å². The summed E-state index contributed by atoms with van der Waals surface area (Å²) >= 11 is 0. The van der Waals surface area contributed by atoms with E-state index in [1.165, 1.54) is 0 Å². The van der Waals surface area contributed by atoms with E-state index in [9.17, 15) is 0 Å². The molecule has 0 spiro atoms. The summed E-state index contributed by atoms with van der Waals surface area (Å²) in [7, 11) is 1.58. The Kier molecular flexibility index (Phi) is 1.96. The smallest absolute Gasteiger partial charge is 0.155 e. The molecule has 68 valence electrons. The van der Waals surface area contributed by atoms with Gasteiger partial charge in [-0.2, -0.15) is 10.2 Å². The van der Waals surface area contributed by atoms with E-state index in [1.807, 2.05) is 18.3 Å². The molecule has 5 nitrogen and oxygen atoms in total. The lowest BCUT2D eigenvalue weighted by atomic mass is 10.4. The largest absolute Gasteiger partial charge is 0.314 e. The van der Waals surface area contributed by atoms with E-state index in [0.717, 1.165) is 16.4 Å². The molecule has 0 amide bonds. The second-order valence-corrected chi connectivity index (χ2v) is 2.87. The van der Waals surface area contributed by atoms with Crippen LogP contribution in [0.25, 0.3) is 5.65 Å². The van der Waals surface area contributed by atoms with Gasteiger partial charge in [0, 0.05) is 25.5 Å². The van der Waals surface area contributed by atoms with Gasteiger partial charge in [0.15, 0.2) is 5.65 Å². The van der Waals surface area contributed by atoms with Gasteiger partial charge in [0.1, 0.15) is 0 Å². The van der Waals surface area contributed by atoms with Gasteiger partial charge in [0.25, 0.3) is 0 Å². The highest BCUT2D eigenvalue weighted by Gasteiger charge is 2.02. The van der Waals surface area contributed by atoms with Gasteiger partial charge in [-0.1, -0.05) is 0 Å². The lowest BCUT2D eigenvalue weighted by Crippen LogP contribution is -2.11. The Morgan fingerprint density at radius 1 is 1.62 bits per heavy atom. The molecule has 2 heterocycles.